The topological polar surface area (TPSA) is 72.2 Å². The fourth-order valence-electron chi connectivity index (χ4n) is 2.25. The lowest BCUT2D eigenvalue weighted by Crippen LogP contribution is -2.49. The number of rotatable bonds is 3. The summed E-state index contributed by atoms with van der Waals surface area (Å²) in [7, 11) is -3.55. The summed E-state index contributed by atoms with van der Waals surface area (Å²) in [6, 6.07) is 4.80. The van der Waals surface area contributed by atoms with Crippen molar-refractivity contribution >= 4 is 41.9 Å². The molecule has 4 nitrogen and oxygen atoms in total. The molecule has 1 aromatic carbocycles. The van der Waals surface area contributed by atoms with E-state index in [0.29, 0.717) is 4.47 Å². The smallest absolute Gasteiger partial charge is 0.242 e. The van der Waals surface area contributed by atoms with Gasteiger partial charge in [-0.3, -0.25) is 0 Å². The van der Waals surface area contributed by atoms with E-state index in [2.05, 4.69) is 36.6 Å². The van der Waals surface area contributed by atoms with Gasteiger partial charge in [0.25, 0.3) is 0 Å². The van der Waals surface area contributed by atoms with E-state index in [1.165, 1.54) is 0 Å². The van der Waals surface area contributed by atoms with E-state index in [4.69, 9.17) is 5.73 Å². The first kappa shape index (κ1) is 15.4. The molecule has 2 unspecified atom stereocenters. The van der Waals surface area contributed by atoms with E-state index in [1.54, 1.807) is 18.2 Å². The van der Waals surface area contributed by atoms with Gasteiger partial charge in [-0.25, -0.2) is 13.1 Å². The van der Waals surface area contributed by atoms with Crippen molar-refractivity contribution in [3.05, 3.63) is 27.1 Å². The molecule has 2 rings (SSSR count). The van der Waals surface area contributed by atoms with E-state index in [-0.39, 0.29) is 17.0 Å². The Labute approximate surface area is 130 Å². The number of sulfonamides is 1. The second-order valence-electron chi connectivity index (χ2n) is 4.75. The van der Waals surface area contributed by atoms with Gasteiger partial charge in [-0.05, 0) is 47.0 Å². The van der Waals surface area contributed by atoms with Crippen LogP contribution < -0.4 is 10.5 Å². The molecular formula is C12H16Br2N2O2S. The van der Waals surface area contributed by atoms with Gasteiger partial charge in [-0.15, -0.1) is 0 Å². The van der Waals surface area contributed by atoms with Crippen molar-refractivity contribution in [2.75, 3.05) is 0 Å². The highest BCUT2D eigenvalue weighted by Crippen LogP contribution is 2.27. The zero-order chi connectivity index (χ0) is 14.0. The van der Waals surface area contributed by atoms with Crippen LogP contribution in [0.25, 0.3) is 0 Å². The molecule has 19 heavy (non-hydrogen) atoms. The molecule has 0 spiro atoms. The highest BCUT2D eigenvalue weighted by atomic mass is 79.9. The molecule has 1 fully saturated rings. The van der Waals surface area contributed by atoms with E-state index in [9.17, 15) is 8.42 Å². The van der Waals surface area contributed by atoms with E-state index >= 15 is 0 Å². The van der Waals surface area contributed by atoms with Gasteiger partial charge in [0.1, 0.15) is 0 Å². The van der Waals surface area contributed by atoms with Crippen LogP contribution in [0, 0.1) is 0 Å². The quantitative estimate of drug-likeness (QED) is 0.803. The third kappa shape index (κ3) is 3.78. The number of hydrogen-bond donors (Lipinski definition) is 2. The van der Waals surface area contributed by atoms with Crippen molar-refractivity contribution in [1.29, 1.82) is 0 Å². The molecule has 3 N–H and O–H groups in total. The van der Waals surface area contributed by atoms with E-state index < -0.39 is 10.0 Å². The number of benzene rings is 1. The maximum absolute atomic E-state index is 12.4. The molecule has 0 aromatic heterocycles. The van der Waals surface area contributed by atoms with Crippen LogP contribution in [-0.4, -0.2) is 20.5 Å². The second-order valence-corrected chi connectivity index (χ2v) is 8.20. The maximum Gasteiger partial charge on any atom is 0.242 e. The van der Waals surface area contributed by atoms with Gasteiger partial charge in [0.05, 0.1) is 4.90 Å². The van der Waals surface area contributed by atoms with Crippen molar-refractivity contribution in [2.24, 2.45) is 5.73 Å². The molecule has 1 saturated carbocycles. The monoisotopic (exact) mass is 410 g/mol. The molecule has 2 atom stereocenters. The Kier molecular flexibility index (Phi) is 5.05. The van der Waals surface area contributed by atoms with Crippen molar-refractivity contribution in [3.8, 4) is 0 Å². The van der Waals surface area contributed by atoms with Crippen LogP contribution in [0.3, 0.4) is 0 Å². The van der Waals surface area contributed by atoms with Gasteiger partial charge in [0, 0.05) is 21.0 Å². The summed E-state index contributed by atoms with van der Waals surface area (Å²) in [4.78, 5) is 0.236. The molecule has 1 aliphatic rings. The van der Waals surface area contributed by atoms with Crippen LogP contribution in [0.4, 0.5) is 0 Å². The molecule has 0 heterocycles. The molecule has 7 heteroatoms. The highest BCUT2D eigenvalue weighted by Gasteiger charge is 2.28. The van der Waals surface area contributed by atoms with Gasteiger partial charge >= 0.3 is 0 Å². The molecule has 0 aliphatic heterocycles. The number of nitrogens with two attached hydrogens (primary N) is 1. The van der Waals surface area contributed by atoms with Crippen LogP contribution in [0.5, 0.6) is 0 Å². The summed E-state index contributed by atoms with van der Waals surface area (Å²) in [5.74, 6) is 0. The Morgan fingerprint density at radius 3 is 2.58 bits per heavy atom. The second kappa shape index (κ2) is 6.22. The summed E-state index contributed by atoms with van der Waals surface area (Å²) in [5, 5.41) is 0. The fraction of sp³-hybridized carbons (Fsp3) is 0.500. The van der Waals surface area contributed by atoms with E-state index in [0.717, 1.165) is 30.2 Å². The minimum Gasteiger partial charge on any atom is -0.326 e. The Morgan fingerprint density at radius 1 is 1.21 bits per heavy atom. The Morgan fingerprint density at radius 2 is 1.89 bits per heavy atom. The van der Waals surface area contributed by atoms with Gasteiger partial charge in [0.15, 0.2) is 0 Å². The lowest BCUT2D eigenvalue weighted by molar-refractivity contribution is 0.361. The molecular weight excluding hydrogens is 396 g/mol. The highest BCUT2D eigenvalue weighted by molar-refractivity contribution is 9.11. The lowest BCUT2D eigenvalue weighted by atomic mass is 9.92. The maximum atomic E-state index is 12.4. The molecule has 0 bridgehead atoms. The van der Waals surface area contributed by atoms with Crippen molar-refractivity contribution in [2.45, 2.75) is 42.7 Å². The lowest BCUT2D eigenvalue weighted by Gasteiger charge is -2.29. The van der Waals surface area contributed by atoms with Crippen molar-refractivity contribution in [1.82, 2.24) is 4.72 Å². The number of nitrogens with one attached hydrogen (secondary N) is 1. The molecule has 1 aromatic rings. The summed E-state index contributed by atoms with van der Waals surface area (Å²) < 4.78 is 28.8. The normalized spacial score (nSPS) is 24.4. The van der Waals surface area contributed by atoms with Crippen molar-refractivity contribution < 1.29 is 8.42 Å². The van der Waals surface area contributed by atoms with Crippen LogP contribution in [0.15, 0.2) is 32.0 Å². The van der Waals surface area contributed by atoms with Crippen LogP contribution in [0.2, 0.25) is 0 Å². The van der Waals surface area contributed by atoms with Gasteiger partial charge < -0.3 is 5.73 Å². The predicted octanol–water partition coefficient (Wildman–Crippen LogP) is 2.76. The van der Waals surface area contributed by atoms with E-state index in [1.807, 2.05) is 0 Å². The minimum absolute atomic E-state index is 0.102. The summed E-state index contributed by atoms with van der Waals surface area (Å²) in [5.41, 5.74) is 5.98. The average molecular weight is 412 g/mol. The molecule has 106 valence electrons. The number of hydrogen-bond acceptors (Lipinski definition) is 3. The van der Waals surface area contributed by atoms with Crippen LogP contribution in [-0.2, 0) is 10.0 Å². The SMILES string of the molecule is NC1CCCCC1NS(=O)(=O)c1cc(Br)ccc1Br. The van der Waals surface area contributed by atoms with Gasteiger partial charge in [-0.1, -0.05) is 28.8 Å². The molecule has 0 saturated heterocycles. The molecule has 0 amide bonds. The first-order valence-corrected chi connectivity index (χ1v) is 9.20. The molecule has 1 aliphatic carbocycles. The largest absolute Gasteiger partial charge is 0.326 e. The van der Waals surface area contributed by atoms with Crippen LogP contribution >= 0.6 is 31.9 Å². The predicted molar refractivity (Wildman–Crippen MR) is 82.4 cm³/mol. The fourth-order valence-corrected chi connectivity index (χ4v) is 5.08. The van der Waals surface area contributed by atoms with Gasteiger partial charge in [0.2, 0.25) is 10.0 Å². The zero-order valence-electron chi connectivity index (χ0n) is 10.3. The number of halogens is 2. The Hall–Kier alpha value is 0.0500. The van der Waals surface area contributed by atoms with Gasteiger partial charge in [-0.2, -0.15) is 0 Å². The van der Waals surface area contributed by atoms with Crippen molar-refractivity contribution in [3.63, 3.8) is 0 Å². The third-order valence-corrected chi connectivity index (χ3v) is 6.29. The Bertz CT molecular complexity index is 563. The standard InChI is InChI=1S/C12H16Br2N2O2S/c13-8-5-6-9(14)12(7-8)19(17,18)16-11-4-2-1-3-10(11)15/h5-7,10-11,16H,1-4,15H2. The third-order valence-electron chi connectivity index (χ3n) is 3.31. The summed E-state index contributed by atoms with van der Waals surface area (Å²) >= 11 is 6.56. The summed E-state index contributed by atoms with van der Waals surface area (Å²) in [6.45, 7) is 0. The van der Waals surface area contributed by atoms with Crippen LogP contribution in [0.1, 0.15) is 25.7 Å². The average Bonchev–Trinajstić information content (AvgIpc) is 2.35. The summed E-state index contributed by atoms with van der Waals surface area (Å²) in [6.07, 6.45) is 3.75. The minimum atomic E-state index is -3.55. The molecule has 0 radical (unpaired) electrons. The first-order valence-electron chi connectivity index (χ1n) is 6.13. The zero-order valence-corrected chi connectivity index (χ0v) is 14.3. The Balaban J connectivity index is 2.24. The first-order chi connectivity index (χ1) is 8.90.